The van der Waals surface area contributed by atoms with Crippen LogP contribution < -0.4 is 0 Å². The van der Waals surface area contributed by atoms with Crippen molar-refractivity contribution < 1.29 is 0 Å². The molecule has 4 heteroatoms. The summed E-state index contributed by atoms with van der Waals surface area (Å²) in [6, 6.07) is 78.2. The molecule has 280 valence electrons. The first-order valence-electron chi connectivity index (χ1n) is 20.4. The van der Waals surface area contributed by atoms with E-state index in [0.717, 1.165) is 56.2 Å². The summed E-state index contributed by atoms with van der Waals surface area (Å²) in [5.41, 5.74) is 13.2. The number of benzene rings is 10. The van der Waals surface area contributed by atoms with Crippen LogP contribution in [0, 0.1) is 0 Å². The lowest BCUT2D eigenvalue weighted by atomic mass is 9.92. The molecule has 0 aliphatic carbocycles. The molecule has 0 unspecified atom stereocenters. The Kier molecular flexibility index (Phi) is 7.82. The Bertz CT molecular complexity index is 3330. The zero-order chi connectivity index (χ0) is 39.6. The maximum absolute atomic E-state index is 5.05. The van der Waals surface area contributed by atoms with E-state index in [0.29, 0.717) is 0 Å². The average molecular weight is 765 g/mol. The van der Waals surface area contributed by atoms with Crippen LogP contribution in [0.3, 0.4) is 0 Å². The van der Waals surface area contributed by atoms with Gasteiger partial charge in [0.05, 0.1) is 22.1 Å². The molecule has 0 amide bonds. The Morgan fingerprint density at radius 1 is 0.283 bits per heavy atom. The van der Waals surface area contributed by atoms with Crippen LogP contribution in [-0.2, 0) is 0 Å². The Balaban J connectivity index is 0.936. The van der Waals surface area contributed by atoms with Crippen molar-refractivity contribution in [1.29, 1.82) is 0 Å². The van der Waals surface area contributed by atoms with Gasteiger partial charge in [0.1, 0.15) is 11.6 Å². The van der Waals surface area contributed by atoms with Crippen LogP contribution in [0.5, 0.6) is 0 Å². The zero-order valence-electron chi connectivity index (χ0n) is 32.6. The van der Waals surface area contributed by atoms with Crippen LogP contribution >= 0.6 is 0 Å². The summed E-state index contributed by atoms with van der Waals surface area (Å²) in [5, 5.41) is 7.46. The van der Waals surface area contributed by atoms with Gasteiger partial charge in [-0.1, -0.05) is 158 Å². The second kappa shape index (κ2) is 13.8. The maximum Gasteiger partial charge on any atom is 0.145 e. The molecular formula is C56H36N4. The molecule has 12 rings (SSSR count). The van der Waals surface area contributed by atoms with Crippen molar-refractivity contribution >= 4 is 54.4 Å². The van der Waals surface area contributed by atoms with Crippen molar-refractivity contribution in [3.8, 4) is 56.4 Å². The molecule has 0 aliphatic heterocycles. The number of para-hydroxylation sites is 4. The summed E-state index contributed by atoms with van der Waals surface area (Å²) < 4.78 is 4.53. The molecular weight excluding hydrogens is 729 g/mol. The number of hydrogen-bond donors (Lipinski definition) is 0. The van der Waals surface area contributed by atoms with Gasteiger partial charge < -0.3 is 0 Å². The number of hydrogen-bond acceptors (Lipinski definition) is 2. The molecule has 4 nitrogen and oxygen atoms in total. The van der Waals surface area contributed by atoms with Gasteiger partial charge in [0.2, 0.25) is 0 Å². The van der Waals surface area contributed by atoms with Crippen LogP contribution in [0.15, 0.2) is 218 Å². The zero-order valence-corrected chi connectivity index (χ0v) is 32.6. The van der Waals surface area contributed by atoms with Gasteiger partial charge in [-0.3, -0.25) is 9.13 Å². The molecule has 60 heavy (non-hydrogen) atoms. The fraction of sp³-hybridized carbons (Fsp3) is 0. The number of fused-ring (bicyclic) bond motifs is 7. The molecule has 0 N–H and O–H groups in total. The van der Waals surface area contributed by atoms with Gasteiger partial charge in [-0.2, -0.15) is 0 Å². The van der Waals surface area contributed by atoms with Crippen molar-refractivity contribution in [2.45, 2.75) is 0 Å². The minimum atomic E-state index is 0.938. The molecule has 0 aliphatic rings. The van der Waals surface area contributed by atoms with Gasteiger partial charge in [-0.05, 0) is 115 Å². The molecule has 12 aromatic rings. The molecule has 0 spiro atoms. The van der Waals surface area contributed by atoms with E-state index in [1.54, 1.807) is 0 Å². The summed E-state index contributed by atoms with van der Waals surface area (Å²) in [6.07, 6.45) is 0. The number of rotatable bonds is 6. The molecule has 0 bridgehead atoms. The van der Waals surface area contributed by atoms with Crippen molar-refractivity contribution in [2.75, 3.05) is 0 Å². The quantitative estimate of drug-likeness (QED) is 0.158. The van der Waals surface area contributed by atoms with Gasteiger partial charge >= 0.3 is 0 Å². The summed E-state index contributed by atoms with van der Waals surface area (Å²) in [7, 11) is 0. The van der Waals surface area contributed by atoms with E-state index in [9.17, 15) is 0 Å². The Labute approximate surface area is 346 Å². The highest BCUT2D eigenvalue weighted by Crippen LogP contribution is 2.38. The van der Waals surface area contributed by atoms with E-state index in [4.69, 9.17) is 9.97 Å². The normalized spacial score (nSPS) is 11.7. The van der Waals surface area contributed by atoms with Crippen LogP contribution in [-0.4, -0.2) is 19.1 Å². The molecule has 10 aromatic carbocycles. The third kappa shape index (κ3) is 5.61. The van der Waals surface area contributed by atoms with Crippen molar-refractivity contribution in [3.63, 3.8) is 0 Å². The minimum absolute atomic E-state index is 0.938. The molecule has 0 fully saturated rings. The molecule has 0 saturated heterocycles. The van der Waals surface area contributed by atoms with E-state index in [2.05, 4.69) is 203 Å². The van der Waals surface area contributed by atoms with Crippen LogP contribution in [0.25, 0.3) is 111 Å². The van der Waals surface area contributed by atoms with Gasteiger partial charge in [0.25, 0.3) is 0 Å². The van der Waals surface area contributed by atoms with Crippen molar-refractivity contribution in [3.05, 3.63) is 218 Å². The van der Waals surface area contributed by atoms with Crippen LogP contribution in [0.4, 0.5) is 0 Å². The first kappa shape index (κ1) is 34.0. The summed E-state index contributed by atoms with van der Waals surface area (Å²) >= 11 is 0. The standard InChI is InChI=1S/C56H36N4/c1-3-11-42(12-4-1)55-57-50-15-7-9-17-52(50)59(55)46-31-27-37(28-32-46)44-25-21-39-19-23-41-24-20-40-22-26-45(36-49(40)54(41)48(39)35-44)38-29-33-47(34-30-38)60-53-18-10-8-16-51(53)58-56(60)43-13-5-2-6-14-43/h1-36H. The Morgan fingerprint density at radius 3 is 1.10 bits per heavy atom. The highest BCUT2D eigenvalue weighted by molar-refractivity contribution is 6.21. The van der Waals surface area contributed by atoms with E-state index in [-0.39, 0.29) is 0 Å². The Morgan fingerprint density at radius 2 is 0.650 bits per heavy atom. The van der Waals surface area contributed by atoms with E-state index < -0.39 is 0 Å². The largest absolute Gasteiger partial charge is 0.292 e. The average Bonchev–Trinajstić information content (AvgIpc) is 3.91. The van der Waals surface area contributed by atoms with Gasteiger partial charge in [0.15, 0.2) is 0 Å². The number of nitrogens with zero attached hydrogens (tertiary/aromatic N) is 4. The molecule has 0 atom stereocenters. The van der Waals surface area contributed by atoms with E-state index in [1.165, 1.54) is 54.6 Å². The maximum atomic E-state index is 5.05. The van der Waals surface area contributed by atoms with Crippen LogP contribution in [0.2, 0.25) is 0 Å². The molecule has 2 aromatic heterocycles. The van der Waals surface area contributed by atoms with Gasteiger partial charge in [0, 0.05) is 22.5 Å². The fourth-order valence-electron chi connectivity index (χ4n) is 8.98. The van der Waals surface area contributed by atoms with Crippen LogP contribution in [0.1, 0.15) is 0 Å². The lowest BCUT2D eigenvalue weighted by molar-refractivity contribution is 1.10. The first-order chi connectivity index (χ1) is 29.7. The van der Waals surface area contributed by atoms with E-state index in [1.807, 2.05) is 24.3 Å². The monoisotopic (exact) mass is 764 g/mol. The number of aromatic nitrogens is 4. The summed E-state index contributed by atoms with van der Waals surface area (Å²) in [4.78, 5) is 10.1. The minimum Gasteiger partial charge on any atom is -0.292 e. The van der Waals surface area contributed by atoms with E-state index >= 15 is 0 Å². The predicted molar refractivity (Wildman–Crippen MR) is 250 cm³/mol. The summed E-state index contributed by atoms with van der Waals surface area (Å²) in [5.74, 6) is 1.88. The fourth-order valence-corrected chi connectivity index (χ4v) is 8.98. The second-order valence-corrected chi connectivity index (χ2v) is 15.4. The van der Waals surface area contributed by atoms with Gasteiger partial charge in [-0.25, -0.2) is 9.97 Å². The Hall–Kier alpha value is -8.08. The third-order valence-corrected chi connectivity index (χ3v) is 11.9. The third-order valence-electron chi connectivity index (χ3n) is 11.9. The highest BCUT2D eigenvalue weighted by Gasteiger charge is 2.17. The molecule has 2 heterocycles. The van der Waals surface area contributed by atoms with Crippen molar-refractivity contribution in [2.24, 2.45) is 0 Å². The summed E-state index contributed by atoms with van der Waals surface area (Å²) in [6.45, 7) is 0. The molecule has 0 saturated carbocycles. The topological polar surface area (TPSA) is 35.6 Å². The second-order valence-electron chi connectivity index (χ2n) is 15.4. The predicted octanol–water partition coefficient (Wildman–Crippen LogP) is 14.5. The highest BCUT2D eigenvalue weighted by atomic mass is 15.1. The smallest absolute Gasteiger partial charge is 0.145 e. The lowest BCUT2D eigenvalue weighted by Gasteiger charge is -2.13. The molecule has 0 radical (unpaired) electrons. The SMILES string of the molecule is c1ccc(-c2nc3ccccc3n2-c2ccc(-c3ccc4ccc5ccc6ccc(-c7ccc(-n8c(-c9ccccc9)nc9ccccc98)cc7)cc6c5c4c3)cc2)cc1. The number of imidazole rings is 2. The first-order valence-corrected chi connectivity index (χ1v) is 20.4. The van der Waals surface area contributed by atoms with Gasteiger partial charge in [-0.15, -0.1) is 0 Å². The lowest BCUT2D eigenvalue weighted by Crippen LogP contribution is -1.97. The van der Waals surface area contributed by atoms with Crippen molar-refractivity contribution in [1.82, 2.24) is 19.1 Å².